The quantitative estimate of drug-likeness (QED) is 0.634. The Bertz CT molecular complexity index is 444. The van der Waals surface area contributed by atoms with Crippen LogP contribution in [0.3, 0.4) is 0 Å². The van der Waals surface area contributed by atoms with Gasteiger partial charge in [-0.1, -0.05) is 27.7 Å². The summed E-state index contributed by atoms with van der Waals surface area (Å²) in [6.45, 7) is 14.3. The number of aliphatic hydroxyl groups is 1. The average molecular weight is 330 g/mol. The van der Waals surface area contributed by atoms with Crippen molar-refractivity contribution in [3.8, 4) is 0 Å². The predicted octanol–water partition coefficient (Wildman–Crippen LogP) is 2.48. The first-order valence-corrected chi connectivity index (χ1v) is 11.0. The molecular formula is C16H30O5Si. The van der Waals surface area contributed by atoms with Crippen molar-refractivity contribution in [3.63, 3.8) is 0 Å². The molecule has 2 heterocycles. The first kappa shape index (κ1) is 17.9. The molecule has 5 atom stereocenters. The van der Waals surface area contributed by atoms with Crippen molar-refractivity contribution in [2.75, 3.05) is 6.61 Å². The number of carbonyl (C=O) groups is 1. The molecule has 0 aromatic carbocycles. The van der Waals surface area contributed by atoms with Gasteiger partial charge in [-0.25, -0.2) is 0 Å². The molecule has 0 aromatic heterocycles. The number of esters is 1. The fourth-order valence-electron chi connectivity index (χ4n) is 3.15. The second-order valence-electron chi connectivity index (χ2n) is 8.30. The number of aliphatic hydroxyl groups excluding tert-OH is 1. The number of fused-ring (bicyclic) bond motifs is 2. The van der Waals surface area contributed by atoms with Crippen LogP contribution in [0.4, 0.5) is 0 Å². The lowest BCUT2D eigenvalue weighted by atomic mass is 9.78. The molecule has 1 N–H and O–H groups in total. The highest BCUT2D eigenvalue weighted by Gasteiger charge is 2.65. The standard InChI is InChI=1S/C16H30O5Si/c1-10-12-8-13(21-22(6,7)15(3,4)5)16(20-12,14(10)18)9-19-11(2)17/h10,12-14,18H,8-9H2,1-7H3/t10-,12-,13-,14+,16+/m0/s1. The van der Waals surface area contributed by atoms with Crippen LogP contribution in [0, 0.1) is 5.92 Å². The molecule has 0 spiro atoms. The fraction of sp³-hybridized carbons (Fsp3) is 0.938. The Morgan fingerprint density at radius 1 is 1.41 bits per heavy atom. The van der Waals surface area contributed by atoms with Crippen LogP contribution >= 0.6 is 0 Å². The Labute approximate surface area is 134 Å². The van der Waals surface area contributed by atoms with Crippen LogP contribution in [0.5, 0.6) is 0 Å². The third kappa shape index (κ3) is 2.86. The largest absolute Gasteiger partial charge is 0.463 e. The lowest BCUT2D eigenvalue weighted by Gasteiger charge is -2.44. The van der Waals surface area contributed by atoms with Crippen molar-refractivity contribution >= 4 is 14.3 Å². The van der Waals surface area contributed by atoms with Crippen LogP contribution in [0.25, 0.3) is 0 Å². The van der Waals surface area contributed by atoms with E-state index in [1.54, 1.807) is 0 Å². The molecule has 2 saturated heterocycles. The van der Waals surface area contributed by atoms with Crippen molar-refractivity contribution in [1.82, 2.24) is 0 Å². The van der Waals surface area contributed by atoms with Crippen LogP contribution in [-0.4, -0.2) is 49.9 Å². The van der Waals surface area contributed by atoms with E-state index in [1.165, 1.54) is 6.92 Å². The van der Waals surface area contributed by atoms with E-state index in [-0.39, 0.29) is 35.7 Å². The highest BCUT2D eigenvalue weighted by Crippen LogP contribution is 2.51. The Balaban J connectivity index is 2.22. The minimum absolute atomic E-state index is 0.0275. The zero-order chi connectivity index (χ0) is 16.9. The summed E-state index contributed by atoms with van der Waals surface area (Å²) in [6, 6.07) is 0. The first-order chi connectivity index (χ1) is 9.91. The second kappa shape index (κ2) is 5.58. The van der Waals surface area contributed by atoms with E-state index in [0.717, 1.165) is 6.42 Å². The van der Waals surface area contributed by atoms with Crippen LogP contribution in [0.1, 0.15) is 41.0 Å². The molecule has 2 aliphatic heterocycles. The summed E-state index contributed by atoms with van der Waals surface area (Å²) in [5.41, 5.74) is -0.911. The van der Waals surface area contributed by atoms with Gasteiger partial charge in [0.05, 0.1) is 18.3 Å². The molecule has 2 aliphatic rings. The van der Waals surface area contributed by atoms with Gasteiger partial charge in [-0.05, 0) is 18.1 Å². The number of ether oxygens (including phenoxy) is 2. The van der Waals surface area contributed by atoms with Gasteiger partial charge in [0.2, 0.25) is 0 Å². The molecule has 0 aliphatic carbocycles. The van der Waals surface area contributed by atoms with Gasteiger partial charge in [0.25, 0.3) is 0 Å². The highest BCUT2D eigenvalue weighted by atomic mass is 28.4. The predicted molar refractivity (Wildman–Crippen MR) is 86.1 cm³/mol. The van der Waals surface area contributed by atoms with E-state index in [9.17, 15) is 9.90 Å². The highest BCUT2D eigenvalue weighted by molar-refractivity contribution is 6.74. The van der Waals surface area contributed by atoms with Gasteiger partial charge >= 0.3 is 5.97 Å². The zero-order valence-electron chi connectivity index (χ0n) is 14.8. The van der Waals surface area contributed by atoms with Gasteiger partial charge in [-0.3, -0.25) is 4.79 Å². The van der Waals surface area contributed by atoms with E-state index >= 15 is 0 Å². The lowest BCUT2D eigenvalue weighted by Crippen LogP contribution is -2.59. The Kier molecular flexibility index (Phi) is 4.54. The molecule has 22 heavy (non-hydrogen) atoms. The van der Waals surface area contributed by atoms with Crippen LogP contribution in [0.15, 0.2) is 0 Å². The van der Waals surface area contributed by atoms with Gasteiger partial charge in [0.15, 0.2) is 13.9 Å². The topological polar surface area (TPSA) is 65.0 Å². The minimum Gasteiger partial charge on any atom is -0.463 e. The minimum atomic E-state index is -1.99. The third-order valence-electron chi connectivity index (χ3n) is 5.69. The molecule has 2 rings (SSSR count). The van der Waals surface area contributed by atoms with Gasteiger partial charge < -0.3 is 19.0 Å². The number of hydrogen-bond donors (Lipinski definition) is 1. The maximum absolute atomic E-state index is 11.2. The summed E-state index contributed by atoms with van der Waals surface area (Å²) in [7, 11) is -1.99. The lowest BCUT2D eigenvalue weighted by molar-refractivity contribution is -0.163. The Morgan fingerprint density at radius 3 is 2.45 bits per heavy atom. The molecule has 0 saturated carbocycles. The summed E-state index contributed by atoms with van der Waals surface area (Å²) in [5.74, 6) is -0.325. The van der Waals surface area contributed by atoms with Crippen LogP contribution in [0.2, 0.25) is 18.1 Å². The third-order valence-corrected chi connectivity index (χ3v) is 10.2. The molecule has 0 aromatic rings. The fourth-order valence-corrected chi connectivity index (χ4v) is 4.51. The Morgan fingerprint density at radius 2 is 2.00 bits per heavy atom. The van der Waals surface area contributed by atoms with E-state index in [4.69, 9.17) is 13.9 Å². The molecule has 0 amide bonds. The van der Waals surface area contributed by atoms with E-state index < -0.39 is 20.0 Å². The molecule has 0 unspecified atom stereocenters. The van der Waals surface area contributed by atoms with E-state index in [0.29, 0.717) is 0 Å². The van der Waals surface area contributed by atoms with E-state index in [1.807, 2.05) is 6.92 Å². The molecule has 0 radical (unpaired) electrons. The summed E-state index contributed by atoms with van der Waals surface area (Å²) >= 11 is 0. The van der Waals surface area contributed by atoms with Gasteiger partial charge in [0.1, 0.15) is 6.61 Å². The molecule has 2 bridgehead atoms. The van der Waals surface area contributed by atoms with Crippen molar-refractivity contribution in [2.45, 2.75) is 83.1 Å². The maximum Gasteiger partial charge on any atom is 0.302 e. The van der Waals surface area contributed by atoms with Crippen LogP contribution in [-0.2, 0) is 18.7 Å². The average Bonchev–Trinajstić information content (AvgIpc) is 2.82. The van der Waals surface area contributed by atoms with Crippen molar-refractivity contribution < 1.29 is 23.8 Å². The van der Waals surface area contributed by atoms with Gasteiger partial charge in [-0.2, -0.15) is 0 Å². The number of carbonyl (C=O) groups excluding carboxylic acids is 1. The summed E-state index contributed by atoms with van der Waals surface area (Å²) in [5, 5.41) is 10.7. The van der Waals surface area contributed by atoms with Gasteiger partial charge in [0, 0.05) is 19.3 Å². The smallest absolute Gasteiger partial charge is 0.302 e. The normalized spacial score (nSPS) is 38.4. The maximum atomic E-state index is 11.2. The molecular weight excluding hydrogens is 300 g/mol. The monoisotopic (exact) mass is 330 g/mol. The Hall–Kier alpha value is -0.433. The summed E-state index contributed by atoms with van der Waals surface area (Å²) < 4.78 is 17.8. The van der Waals surface area contributed by atoms with Gasteiger partial charge in [-0.15, -0.1) is 0 Å². The van der Waals surface area contributed by atoms with E-state index in [2.05, 4.69) is 33.9 Å². The van der Waals surface area contributed by atoms with Crippen LogP contribution < -0.4 is 0 Å². The summed E-state index contributed by atoms with van der Waals surface area (Å²) in [4.78, 5) is 11.2. The van der Waals surface area contributed by atoms with Crippen molar-refractivity contribution in [2.24, 2.45) is 5.92 Å². The second-order valence-corrected chi connectivity index (χ2v) is 13.1. The summed E-state index contributed by atoms with van der Waals surface area (Å²) in [6.07, 6.45) is -0.156. The molecule has 128 valence electrons. The number of hydrogen-bond acceptors (Lipinski definition) is 5. The zero-order valence-corrected chi connectivity index (χ0v) is 15.8. The SMILES string of the molecule is CC(=O)OC[C@@]12O[C@@H](C[C@@H]1O[Si](C)(C)C(C)(C)C)[C@H](C)[C@H]2O. The number of rotatable bonds is 4. The first-order valence-electron chi connectivity index (χ1n) is 8.08. The molecule has 6 heteroatoms. The van der Waals surface area contributed by atoms with Crippen molar-refractivity contribution in [1.29, 1.82) is 0 Å². The molecule has 5 nitrogen and oxygen atoms in total. The molecule has 2 fully saturated rings. The van der Waals surface area contributed by atoms with Crippen molar-refractivity contribution in [3.05, 3.63) is 0 Å².